The summed E-state index contributed by atoms with van der Waals surface area (Å²) < 4.78 is 0. The zero-order chi connectivity index (χ0) is 10.5. The monoisotopic (exact) mass is 224 g/mol. The van der Waals surface area contributed by atoms with Gasteiger partial charge in [0.05, 0.1) is 6.04 Å². The maximum absolute atomic E-state index is 6.04. The number of nitrogens with two attached hydrogens (primary N) is 1. The molecule has 1 aromatic rings. The van der Waals surface area contributed by atoms with Gasteiger partial charge in [0.2, 0.25) is 0 Å². The summed E-state index contributed by atoms with van der Waals surface area (Å²) in [6, 6.07) is 4.35. The van der Waals surface area contributed by atoms with Gasteiger partial charge in [-0.3, -0.25) is 0 Å². The molecule has 15 heavy (non-hydrogen) atoms. The molecule has 3 N–H and O–H groups in total. The van der Waals surface area contributed by atoms with Gasteiger partial charge in [0, 0.05) is 11.4 Å². The molecule has 2 nitrogen and oxygen atoms in total. The van der Waals surface area contributed by atoms with E-state index in [1.807, 2.05) is 0 Å². The Hall–Kier alpha value is -0.380. The first-order valence-corrected chi connectivity index (χ1v) is 6.74. The van der Waals surface area contributed by atoms with Crippen molar-refractivity contribution in [2.45, 2.75) is 31.7 Å². The fraction of sp³-hybridized carbons (Fsp3) is 0.667. The lowest BCUT2D eigenvalue weighted by Gasteiger charge is -2.10. The molecule has 1 saturated carbocycles. The summed E-state index contributed by atoms with van der Waals surface area (Å²) in [7, 11) is 0. The molecule has 84 valence electrons. The van der Waals surface area contributed by atoms with Crippen molar-refractivity contribution in [2.75, 3.05) is 13.1 Å². The average Bonchev–Trinajstić information content (AvgIpc) is 2.90. The Morgan fingerprint density at radius 2 is 2.40 bits per heavy atom. The quantitative estimate of drug-likeness (QED) is 0.698. The van der Waals surface area contributed by atoms with Crippen molar-refractivity contribution in [2.24, 2.45) is 11.7 Å². The first kappa shape index (κ1) is 11.1. The fourth-order valence-electron chi connectivity index (χ4n) is 1.78. The third-order valence-corrected chi connectivity index (χ3v) is 3.94. The summed E-state index contributed by atoms with van der Waals surface area (Å²) in [5.41, 5.74) is 6.04. The summed E-state index contributed by atoms with van der Waals surface area (Å²) in [6.45, 7) is 2.03. The first-order chi connectivity index (χ1) is 7.36. The minimum absolute atomic E-state index is 0.172. The summed E-state index contributed by atoms with van der Waals surface area (Å²) in [5.74, 6) is 1.05. The highest BCUT2D eigenvalue weighted by molar-refractivity contribution is 7.10. The molecule has 2 rings (SSSR count). The molecule has 0 bridgehead atoms. The molecule has 1 heterocycles. The van der Waals surface area contributed by atoms with E-state index in [2.05, 4.69) is 22.8 Å². The van der Waals surface area contributed by atoms with Crippen LogP contribution in [0, 0.1) is 5.92 Å². The largest absolute Gasteiger partial charge is 0.322 e. The van der Waals surface area contributed by atoms with Crippen LogP contribution in [0.4, 0.5) is 0 Å². The number of thiophene rings is 1. The molecule has 0 radical (unpaired) electrons. The van der Waals surface area contributed by atoms with Crippen molar-refractivity contribution in [3.05, 3.63) is 22.4 Å². The number of hydrogen-bond donors (Lipinski definition) is 2. The predicted octanol–water partition coefficient (Wildman–Crippen LogP) is 2.53. The third-order valence-electron chi connectivity index (χ3n) is 2.94. The smallest absolute Gasteiger partial charge is 0.0516 e. The number of hydrogen-bond acceptors (Lipinski definition) is 3. The average molecular weight is 224 g/mol. The van der Waals surface area contributed by atoms with E-state index in [1.165, 1.54) is 30.6 Å². The molecule has 3 heteroatoms. The second kappa shape index (κ2) is 5.64. The molecule has 1 fully saturated rings. The van der Waals surface area contributed by atoms with E-state index in [1.54, 1.807) is 11.3 Å². The Kier molecular flexibility index (Phi) is 4.18. The van der Waals surface area contributed by atoms with E-state index in [9.17, 15) is 0 Å². The molecule has 1 aliphatic carbocycles. The zero-order valence-corrected chi connectivity index (χ0v) is 9.93. The zero-order valence-electron chi connectivity index (χ0n) is 9.11. The van der Waals surface area contributed by atoms with Gasteiger partial charge in [-0.1, -0.05) is 18.9 Å². The van der Waals surface area contributed by atoms with E-state index in [4.69, 9.17) is 5.73 Å². The van der Waals surface area contributed by atoms with E-state index < -0.39 is 0 Å². The maximum atomic E-state index is 6.04. The molecule has 1 aromatic heterocycles. The van der Waals surface area contributed by atoms with Gasteiger partial charge in [0.15, 0.2) is 0 Å². The van der Waals surface area contributed by atoms with Crippen LogP contribution in [-0.2, 0) is 0 Å². The van der Waals surface area contributed by atoms with Gasteiger partial charge in [-0.05, 0) is 36.8 Å². The minimum Gasteiger partial charge on any atom is -0.322 e. The van der Waals surface area contributed by atoms with E-state index >= 15 is 0 Å². The van der Waals surface area contributed by atoms with Gasteiger partial charge in [0.25, 0.3) is 0 Å². The highest BCUT2D eigenvalue weighted by Crippen LogP contribution is 2.33. The summed E-state index contributed by atoms with van der Waals surface area (Å²) in [5, 5.41) is 5.52. The lowest BCUT2D eigenvalue weighted by molar-refractivity contribution is 0.559. The molecular formula is C12H20N2S. The van der Waals surface area contributed by atoms with Crippen LogP contribution in [0.2, 0.25) is 0 Å². The Morgan fingerprint density at radius 1 is 1.53 bits per heavy atom. The Labute approximate surface area is 95.9 Å². The third kappa shape index (κ3) is 3.93. The second-order valence-electron chi connectivity index (χ2n) is 4.41. The lowest BCUT2D eigenvalue weighted by atomic mass is 10.2. The van der Waals surface area contributed by atoms with Crippen LogP contribution < -0.4 is 11.1 Å². The van der Waals surface area contributed by atoms with Gasteiger partial charge in [-0.15, -0.1) is 11.3 Å². The van der Waals surface area contributed by atoms with Crippen LogP contribution >= 0.6 is 11.3 Å². The van der Waals surface area contributed by atoms with E-state index in [-0.39, 0.29) is 6.04 Å². The molecule has 0 saturated heterocycles. The minimum atomic E-state index is 0.172. The molecular weight excluding hydrogens is 204 g/mol. The summed E-state index contributed by atoms with van der Waals surface area (Å²) in [6.07, 6.45) is 5.65. The standard InChI is InChI=1S/C12H20N2S/c13-11(12-4-2-8-15-12)9-14-7-1-3-10-5-6-10/h2,4,8,10-11,14H,1,3,5-7,9,13H2. The highest BCUT2D eigenvalue weighted by Gasteiger charge is 2.19. The van der Waals surface area contributed by atoms with Gasteiger partial charge in [-0.2, -0.15) is 0 Å². The van der Waals surface area contributed by atoms with Gasteiger partial charge in [-0.25, -0.2) is 0 Å². The van der Waals surface area contributed by atoms with Crippen LogP contribution in [0.15, 0.2) is 17.5 Å². The maximum Gasteiger partial charge on any atom is 0.0516 e. The predicted molar refractivity (Wildman–Crippen MR) is 66.1 cm³/mol. The van der Waals surface area contributed by atoms with Crippen molar-refractivity contribution in [3.8, 4) is 0 Å². The lowest BCUT2D eigenvalue weighted by Crippen LogP contribution is -2.27. The van der Waals surface area contributed by atoms with Crippen molar-refractivity contribution in [1.29, 1.82) is 0 Å². The number of rotatable bonds is 7. The van der Waals surface area contributed by atoms with Gasteiger partial charge < -0.3 is 11.1 Å². The first-order valence-electron chi connectivity index (χ1n) is 5.86. The summed E-state index contributed by atoms with van der Waals surface area (Å²) in [4.78, 5) is 1.28. The van der Waals surface area contributed by atoms with Crippen molar-refractivity contribution < 1.29 is 0 Å². The second-order valence-corrected chi connectivity index (χ2v) is 5.39. The Bertz CT molecular complexity index is 267. The fourth-order valence-corrected chi connectivity index (χ4v) is 2.51. The molecule has 1 atom stereocenters. The van der Waals surface area contributed by atoms with Crippen LogP contribution in [0.25, 0.3) is 0 Å². The summed E-state index contributed by atoms with van der Waals surface area (Å²) >= 11 is 1.74. The van der Waals surface area contributed by atoms with E-state index in [0.717, 1.165) is 19.0 Å². The molecule has 0 spiro atoms. The molecule has 1 aliphatic rings. The van der Waals surface area contributed by atoms with Gasteiger partial charge >= 0.3 is 0 Å². The van der Waals surface area contributed by atoms with Crippen LogP contribution in [0.3, 0.4) is 0 Å². The Morgan fingerprint density at radius 3 is 3.07 bits per heavy atom. The van der Waals surface area contributed by atoms with Crippen LogP contribution in [0.5, 0.6) is 0 Å². The van der Waals surface area contributed by atoms with Crippen LogP contribution in [0.1, 0.15) is 36.6 Å². The molecule has 0 aromatic carbocycles. The number of nitrogens with one attached hydrogen (secondary N) is 1. The normalized spacial score (nSPS) is 17.9. The highest BCUT2D eigenvalue weighted by atomic mass is 32.1. The van der Waals surface area contributed by atoms with Crippen molar-refractivity contribution in [1.82, 2.24) is 5.32 Å². The van der Waals surface area contributed by atoms with E-state index in [0.29, 0.717) is 0 Å². The molecule has 0 amide bonds. The molecule has 1 unspecified atom stereocenters. The van der Waals surface area contributed by atoms with Crippen LogP contribution in [-0.4, -0.2) is 13.1 Å². The van der Waals surface area contributed by atoms with Gasteiger partial charge in [0.1, 0.15) is 0 Å². The van der Waals surface area contributed by atoms with Crippen molar-refractivity contribution in [3.63, 3.8) is 0 Å². The van der Waals surface area contributed by atoms with Crippen molar-refractivity contribution >= 4 is 11.3 Å². The Balaban J connectivity index is 1.53. The topological polar surface area (TPSA) is 38.0 Å². The molecule has 0 aliphatic heterocycles. The SMILES string of the molecule is NC(CNCCCC1CC1)c1cccs1.